The molecule has 7 nitrogen and oxygen atoms in total. The molecule has 5 rings (SSSR count). The molecular formula is C25H30N4O3S2. The third-order valence-corrected chi connectivity index (χ3v) is 8.78. The maximum Gasteiger partial charge on any atom is 0.263 e. The standard InChI is InChI=1S/C25H30N4O3S2/c1-32-16-15-29-24(31)22-19-9-5-6-10-20(19)34-23(22)26-25(29)33-17-21(30)28-13-11-27(12-14-28)18-7-3-2-4-8-18/h2-4,7-8H,5-6,9-17H2,1H3. The van der Waals surface area contributed by atoms with Gasteiger partial charge in [0.1, 0.15) is 4.83 Å². The van der Waals surface area contributed by atoms with Crippen molar-refractivity contribution in [1.29, 1.82) is 0 Å². The molecule has 1 saturated heterocycles. The van der Waals surface area contributed by atoms with Crippen LogP contribution in [0.4, 0.5) is 5.69 Å². The van der Waals surface area contributed by atoms with E-state index in [0.29, 0.717) is 31.4 Å². The molecule has 0 radical (unpaired) electrons. The first-order valence-electron chi connectivity index (χ1n) is 11.9. The van der Waals surface area contributed by atoms with Crippen molar-refractivity contribution in [3.05, 3.63) is 51.1 Å². The van der Waals surface area contributed by atoms with Gasteiger partial charge in [-0.3, -0.25) is 14.2 Å². The maximum atomic E-state index is 13.5. The smallest absolute Gasteiger partial charge is 0.263 e. The van der Waals surface area contributed by atoms with Gasteiger partial charge in [-0.2, -0.15) is 0 Å². The lowest BCUT2D eigenvalue weighted by Crippen LogP contribution is -2.49. The van der Waals surface area contributed by atoms with Gasteiger partial charge in [0.05, 0.1) is 24.3 Å². The quantitative estimate of drug-likeness (QED) is 0.367. The van der Waals surface area contributed by atoms with Crippen molar-refractivity contribution in [2.75, 3.05) is 50.5 Å². The summed E-state index contributed by atoms with van der Waals surface area (Å²) in [5.74, 6) is 0.372. The number of benzene rings is 1. The zero-order valence-electron chi connectivity index (χ0n) is 19.5. The lowest BCUT2D eigenvalue weighted by Gasteiger charge is -2.36. The van der Waals surface area contributed by atoms with E-state index in [-0.39, 0.29) is 17.2 Å². The van der Waals surface area contributed by atoms with Crippen molar-refractivity contribution in [2.45, 2.75) is 37.4 Å². The summed E-state index contributed by atoms with van der Waals surface area (Å²) in [5, 5.41) is 1.40. The molecule has 180 valence electrons. The van der Waals surface area contributed by atoms with Crippen molar-refractivity contribution < 1.29 is 9.53 Å². The Morgan fingerprint density at radius 2 is 1.88 bits per heavy atom. The topological polar surface area (TPSA) is 67.7 Å². The predicted molar refractivity (Wildman–Crippen MR) is 138 cm³/mol. The third kappa shape index (κ3) is 4.74. The van der Waals surface area contributed by atoms with Crippen LogP contribution in [0.2, 0.25) is 0 Å². The van der Waals surface area contributed by atoms with Crippen molar-refractivity contribution >= 4 is 44.9 Å². The molecule has 0 spiro atoms. The van der Waals surface area contributed by atoms with Gasteiger partial charge in [0.2, 0.25) is 5.91 Å². The Labute approximate surface area is 207 Å². The molecule has 2 aromatic heterocycles. The lowest BCUT2D eigenvalue weighted by molar-refractivity contribution is -0.128. The minimum Gasteiger partial charge on any atom is -0.383 e. The summed E-state index contributed by atoms with van der Waals surface area (Å²) < 4.78 is 6.96. The number of thiophene rings is 1. The second-order valence-electron chi connectivity index (χ2n) is 8.73. The van der Waals surface area contributed by atoms with Gasteiger partial charge in [-0.25, -0.2) is 4.98 Å². The molecule has 0 atom stereocenters. The summed E-state index contributed by atoms with van der Waals surface area (Å²) in [6, 6.07) is 10.3. The fourth-order valence-electron chi connectivity index (χ4n) is 4.78. The summed E-state index contributed by atoms with van der Waals surface area (Å²) in [5.41, 5.74) is 2.40. The number of amides is 1. The molecule has 0 bridgehead atoms. The van der Waals surface area contributed by atoms with Crippen LogP contribution >= 0.6 is 23.1 Å². The number of aromatic nitrogens is 2. The zero-order chi connectivity index (χ0) is 23.5. The number of aryl methyl sites for hydroxylation is 2. The molecule has 1 amide bonds. The van der Waals surface area contributed by atoms with Gasteiger partial charge < -0.3 is 14.5 Å². The Morgan fingerprint density at radius 3 is 2.65 bits per heavy atom. The predicted octanol–water partition coefficient (Wildman–Crippen LogP) is 3.42. The van der Waals surface area contributed by atoms with Crippen LogP contribution in [-0.4, -0.2) is 66.0 Å². The molecule has 3 aromatic rings. The second kappa shape index (κ2) is 10.5. The van der Waals surface area contributed by atoms with Gasteiger partial charge in [-0.05, 0) is 43.4 Å². The van der Waals surface area contributed by atoms with Gasteiger partial charge in [0, 0.05) is 43.9 Å². The van der Waals surface area contributed by atoms with E-state index in [1.54, 1.807) is 23.0 Å². The molecule has 1 fully saturated rings. The highest BCUT2D eigenvalue weighted by Gasteiger charge is 2.24. The van der Waals surface area contributed by atoms with E-state index in [9.17, 15) is 9.59 Å². The Morgan fingerprint density at radius 1 is 1.12 bits per heavy atom. The van der Waals surface area contributed by atoms with E-state index in [4.69, 9.17) is 9.72 Å². The molecule has 0 unspecified atom stereocenters. The maximum absolute atomic E-state index is 13.5. The number of carbonyl (C=O) groups excluding carboxylic acids is 1. The molecule has 9 heteroatoms. The number of anilines is 1. The minimum absolute atomic E-state index is 0.00729. The summed E-state index contributed by atoms with van der Waals surface area (Å²) in [6.45, 7) is 3.93. The Hall–Kier alpha value is -2.36. The number of methoxy groups -OCH3 is 1. The van der Waals surface area contributed by atoms with Crippen molar-refractivity contribution in [3.8, 4) is 0 Å². The first kappa shape index (κ1) is 23.4. The highest BCUT2D eigenvalue weighted by Crippen LogP contribution is 2.34. The first-order valence-corrected chi connectivity index (χ1v) is 13.7. The normalized spacial score (nSPS) is 16.1. The molecule has 1 aromatic carbocycles. The van der Waals surface area contributed by atoms with Crippen molar-refractivity contribution in [3.63, 3.8) is 0 Å². The number of hydrogen-bond acceptors (Lipinski definition) is 7. The highest BCUT2D eigenvalue weighted by atomic mass is 32.2. The molecule has 1 aliphatic heterocycles. The number of hydrogen-bond donors (Lipinski definition) is 0. The van der Waals surface area contributed by atoms with Crippen LogP contribution in [0.1, 0.15) is 23.3 Å². The van der Waals surface area contributed by atoms with E-state index in [2.05, 4.69) is 17.0 Å². The van der Waals surface area contributed by atoms with E-state index < -0.39 is 0 Å². The van der Waals surface area contributed by atoms with Crippen LogP contribution in [0.5, 0.6) is 0 Å². The third-order valence-electron chi connectivity index (χ3n) is 6.64. The summed E-state index contributed by atoms with van der Waals surface area (Å²) >= 11 is 3.02. The van der Waals surface area contributed by atoms with Crippen LogP contribution in [0.15, 0.2) is 40.3 Å². The molecule has 0 saturated carbocycles. The van der Waals surface area contributed by atoms with Gasteiger partial charge in [-0.1, -0.05) is 30.0 Å². The molecule has 34 heavy (non-hydrogen) atoms. The van der Waals surface area contributed by atoms with Crippen LogP contribution in [0.25, 0.3) is 10.2 Å². The van der Waals surface area contributed by atoms with Gasteiger partial charge in [0.15, 0.2) is 5.16 Å². The summed E-state index contributed by atoms with van der Waals surface area (Å²) in [4.78, 5) is 37.7. The van der Waals surface area contributed by atoms with E-state index in [0.717, 1.165) is 42.6 Å². The van der Waals surface area contributed by atoms with Crippen molar-refractivity contribution in [1.82, 2.24) is 14.5 Å². The number of para-hydroxylation sites is 1. The van der Waals surface area contributed by atoms with Crippen LogP contribution in [-0.2, 0) is 28.9 Å². The van der Waals surface area contributed by atoms with Gasteiger partial charge >= 0.3 is 0 Å². The highest BCUT2D eigenvalue weighted by molar-refractivity contribution is 7.99. The molecule has 3 heterocycles. The first-order chi connectivity index (χ1) is 16.7. The van der Waals surface area contributed by atoms with Gasteiger partial charge in [0.25, 0.3) is 5.56 Å². The lowest BCUT2D eigenvalue weighted by atomic mass is 9.97. The monoisotopic (exact) mass is 498 g/mol. The summed E-state index contributed by atoms with van der Waals surface area (Å²) in [7, 11) is 1.63. The Kier molecular flexibility index (Phi) is 7.22. The number of ether oxygens (including phenoxy) is 1. The van der Waals surface area contributed by atoms with E-state index >= 15 is 0 Å². The number of rotatable bonds is 7. The van der Waals surface area contributed by atoms with Crippen LogP contribution in [0.3, 0.4) is 0 Å². The Balaban J connectivity index is 1.30. The minimum atomic E-state index is 0.00729. The van der Waals surface area contributed by atoms with Crippen molar-refractivity contribution in [2.24, 2.45) is 0 Å². The number of carbonyl (C=O) groups is 1. The molecule has 1 aliphatic carbocycles. The van der Waals surface area contributed by atoms with E-state index in [1.807, 2.05) is 23.1 Å². The fourth-order valence-corrected chi connectivity index (χ4v) is 7.01. The number of nitrogens with zero attached hydrogens (tertiary/aromatic N) is 4. The molecule has 0 N–H and O–H groups in total. The molecular weight excluding hydrogens is 468 g/mol. The SMILES string of the molecule is COCCn1c(SCC(=O)N2CCN(c3ccccc3)CC2)nc2sc3c(c2c1=O)CCCC3. The Bertz CT molecular complexity index is 1220. The van der Waals surface area contributed by atoms with E-state index in [1.165, 1.54) is 34.3 Å². The zero-order valence-corrected chi connectivity index (χ0v) is 21.1. The van der Waals surface area contributed by atoms with Gasteiger partial charge in [-0.15, -0.1) is 11.3 Å². The molecule has 2 aliphatic rings. The average Bonchev–Trinajstić information content (AvgIpc) is 3.26. The average molecular weight is 499 g/mol. The summed E-state index contributed by atoms with van der Waals surface area (Å²) in [6.07, 6.45) is 4.28. The number of piperazine rings is 1. The van der Waals surface area contributed by atoms with Crippen LogP contribution in [0, 0.1) is 0 Å². The largest absolute Gasteiger partial charge is 0.383 e. The van der Waals surface area contributed by atoms with Crippen LogP contribution < -0.4 is 10.5 Å². The second-order valence-corrected chi connectivity index (χ2v) is 10.8. The fraction of sp³-hybridized carbons (Fsp3) is 0.480. The number of fused-ring (bicyclic) bond motifs is 3. The number of thioether (sulfide) groups is 1.